The highest BCUT2D eigenvalue weighted by atomic mass is 35.5. The quantitative estimate of drug-likeness (QED) is 0.636. The van der Waals surface area contributed by atoms with Crippen LogP contribution in [0, 0.1) is 6.92 Å². The molecule has 2 aromatic rings. The topological polar surface area (TPSA) is 24.4 Å². The smallest absolute Gasteiger partial charge is 0.0590 e. The van der Waals surface area contributed by atoms with Gasteiger partial charge in [-0.25, -0.2) is 0 Å². The number of hydrogen-bond acceptors (Lipinski definition) is 2. The van der Waals surface area contributed by atoms with Gasteiger partial charge in [-0.2, -0.15) is 5.10 Å². The van der Waals surface area contributed by atoms with Gasteiger partial charge in [0, 0.05) is 5.56 Å². The summed E-state index contributed by atoms with van der Waals surface area (Å²) in [5.74, 6) is 0. The Kier molecular flexibility index (Phi) is 4.24. The lowest BCUT2D eigenvalue weighted by atomic mass is 10.2. The molecular formula is C14H12Cl2N2. The SMILES string of the molecule is Cc1ccccc1N/N=C/c1c(Cl)cccc1Cl. The first-order chi connectivity index (χ1) is 8.68. The third-order valence-corrected chi connectivity index (χ3v) is 3.18. The molecule has 0 unspecified atom stereocenters. The number of halogens is 2. The van der Waals surface area contributed by atoms with Crippen LogP contribution in [0.25, 0.3) is 0 Å². The van der Waals surface area contributed by atoms with Crippen LogP contribution in [0.5, 0.6) is 0 Å². The van der Waals surface area contributed by atoms with Crippen molar-refractivity contribution in [1.29, 1.82) is 0 Å². The third-order valence-electron chi connectivity index (χ3n) is 2.52. The molecule has 0 spiro atoms. The fraction of sp³-hybridized carbons (Fsp3) is 0.0714. The molecule has 92 valence electrons. The minimum atomic E-state index is 0.581. The van der Waals surface area contributed by atoms with E-state index in [1.165, 1.54) is 0 Å². The molecule has 0 aromatic heterocycles. The molecule has 0 saturated carbocycles. The van der Waals surface area contributed by atoms with Crippen molar-refractivity contribution in [2.75, 3.05) is 5.43 Å². The predicted molar refractivity (Wildman–Crippen MR) is 78.9 cm³/mol. The molecule has 0 aliphatic rings. The number of hydrazone groups is 1. The van der Waals surface area contributed by atoms with Crippen molar-refractivity contribution in [3.05, 3.63) is 63.6 Å². The van der Waals surface area contributed by atoms with Gasteiger partial charge in [-0.1, -0.05) is 47.5 Å². The third kappa shape index (κ3) is 3.03. The second kappa shape index (κ2) is 5.89. The lowest BCUT2D eigenvalue weighted by Crippen LogP contribution is -1.93. The van der Waals surface area contributed by atoms with Gasteiger partial charge in [0.25, 0.3) is 0 Å². The van der Waals surface area contributed by atoms with Crippen LogP contribution in [0.1, 0.15) is 11.1 Å². The first kappa shape index (κ1) is 12.9. The Balaban J connectivity index is 2.15. The molecule has 0 heterocycles. The molecule has 0 aliphatic carbocycles. The molecule has 1 N–H and O–H groups in total. The maximum atomic E-state index is 6.04. The number of para-hydroxylation sites is 1. The number of aryl methyl sites for hydroxylation is 1. The zero-order valence-corrected chi connectivity index (χ0v) is 11.3. The van der Waals surface area contributed by atoms with Crippen LogP contribution >= 0.6 is 23.2 Å². The molecule has 18 heavy (non-hydrogen) atoms. The van der Waals surface area contributed by atoms with Crippen LogP contribution in [0.2, 0.25) is 10.0 Å². The number of rotatable bonds is 3. The zero-order chi connectivity index (χ0) is 13.0. The molecular weight excluding hydrogens is 267 g/mol. The Morgan fingerprint density at radius 2 is 1.67 bits per heavy atom. The van der Waals surface area contributed by atoms with Gasteiger partial charge in [-0.15, -0.1) is 0 Å². The first-order valence-electron chi connectivity index (χ1n) is 5.47. The van der Waals surface area contributed by atoms with E-state index in [1.807, 2.05) is 31.2 Å². The van der Waals surface area contributed by atoms with Crippen molar-refractivity contribution in [3.8, 4) is 0 Å². The van der Waals surface area contributed by atoms with Crippen LogP contribution in [-0.2, 0) is 0 Å². The number of benzene rings is 2. The monoisotopic (exact) mass is 278 g/mol. The minimum Gasteiger partial charge on any atom is -0.278 e. The van der Waals surface area contributed by atoms with E-state index in [1.54, 1.807) is 24.4 Å². The van der Waals surface area contributed by atoms with Crippen molar-refractivity contribution in [2.45, 2.75) is 6.92 Å². The van der Waals surface area contributed by atoms with Gasteiger partial charge in [0.05, 0.1) is 21.9 Å². The van der Waals surface area contributed by atoms with Crippen LogP contribution in [0.15, 0.2) is 47.6 Å². The highest BCUT2D eigenvalue weighted by Gasteiger charge is 2.01. The van der Waals surface area contributed by atoms with Gasteiger partial charge >= 0.3 is 0 Å². The van der Waals surface area contributed by atoms with Crippen molar-refractivity contribution in [3.63, 3.8) is 0 Å². The summed E-state index contributed by atoms with van der Waals surface area (Å²) in [5, 5.41) is 5.31. The Labute approximate surface area is 116 Å². The zero-order valence-electron chi connectivity index (χ0n) is 9.82. The summed E-state index contributed by atoms with van der Waals surface area (Å²) >= 11 is 12.1. The fourth-order valence-corrected chi connectivity index (χ4v) is 1.99. The van der Waals surface area contributed by atoms with Gasteiger partial charge in [0.1, 0.15) is 0 Å². The van der Waals surface area contributed by atoms with E-state index in [0.717, 1.165) is 11.3 Å². The normalized spacial score (nSPS) is 10.8. The van der Waals surface area contributed by atoms with Gasteiger partial charge < -0.3 is 0 Å². The van der Waals surface area contributed by atoms with Crippen molar-refractivity contribution >= 4 is 35.1 Å². The van der Waals surface area contributed by atoms with E-state index >= 15 is 0 Å². The number of nitrogens with zero attached hydrogens (tertiary/aromatic N) is 1. The van der Waals surface area contributed by atoms with Crippen LogP contribution in [0.4, 0.5) is 5.69 Å². The molecule has 0 radical (unpaired) electrons. The standard InChI is InChI=1S/C14H12Cl2N2/c1-10-5-2-3-8-14(10)18-17-9-11-12(15)6-4-7-13(11)16/h2-9,18H,1H3/b17-9+. The predicted octanol–water partition coefficient (Wildman–Crippen LogP) is 4.75. The molecule has 0 fully saturated rings. The van der Waals surface area contributed by atoms with Gasteiger partial charge in [-0.3, -0.25) is 5.43 Å². The highest BCUT2D eigenvalue weighted by molar-refractivity contribution is 6.38. The maximum absolute atomic E-state index is 6.04. The summed E-state index contributed by atoms with van der Waals surface area (Å²) in [6, 6.07) is 13.3. The summed E-state index contributed by atoms with van der Waals surface area (Å²) in [4.78, 5) is 0. The van der Waals surface area contributed by atoms with E-state index < -0.39 is 0 Å². The summed E-state index contributed by atoms with van der Waals surface area (Å²) in [5.41, 5.74) is 5.76. The average molecular weight is 279 g/mol. The number of nitrogens with one attached hydrogen (secondary N) is 1. The van der Waals surface area contributed by atoms with Crippen LogP contribution < -0.4 is 5.43 Å². The summed E-state index contributed by atoms with van der Waals surface area (Å²) in [7, 11) is 0. The molecule has 0 atom stereocenters. The Bertz CT molecular complexity index is 560. The fourth-order valence-electron chi connectivity index (χ4n) is 1.50. The molecule has 2 aromatic carbocycles. The first-order valence-corrected chi connectivity index (χ1v) is 6.23. The summed E-state index contributed by atoms with van der Waals surface area (Å²) in [6.45, 7) is 2.01. The van der Waals surface area contributed by atoms with Gasteiger partial charge in [0.15, 0.2) is 0 Å². The molecule has 0 saturated heterocycles. The van der Waals surface area contributed by atoms with Gasteiger partial charge in [0.2, 0.25) is 0 Å². The highest BCUT2D eigenvalue weighted by Crippen LogP contribution is 2.22. The Morgan fingerprint density at radius 3 is 2.33 bits per heavy atom. The lowest BCUT2D eigenvalue weighted by Gasteiger charge is -2.04. The molecule has 0 amide bonds. The molecule has 0 aliphatic heterocycles. The molecule has 0 bridgehead atoms. The van der Waals surface area contributed by atoms with E-state index in [2.05, 4.69) is 10.5 Å². The molecule has 2 nitrogen and oxygen atoms in total. The minimum absolute atomic E-state index is 0.581. The van der Waals surface area contributed by atoms with E-state index in [4.69, 9.17) is 23.2 Å². The average Bonchev–Trinajstić information content (AvgIpc) is 2.35. The maximum Gasteiger partial charge on any atom is 0.0590 e. The molecule has 2 rings (SSSR count). The summed E-state index contributed by atoms with van der Waals surface area (Å²) in [6.07, 6.45) is 1.62. The van der Waals surface area contributed by atoms with Gasteiger partial charge in [-0.05, 0) is 30.7 Å². The van der Waals surface area contributed by atoms with Crippen molar-refractivity contribution < 1.29 is 0 Å². The summed E-state index contributed by atoms with van der Waals surface area (Å²) < 4.78 is 0. The Morgan fingerprint density at radius 1 is 1.00 bits per heavy atom. The van der Waals surface area contributed by atoms with Crippen molar-refractivity contribution in [2.24, 2.45) is 5.10 Å². The van der Waals surface area contributed by atoms with E-state index in [-0.39, 0.29) is 0 Å². The number of anilines is 1. The van der Waals surface area contributed by atoms with Crippen LogP contribution in [0.3, 0.4) is 0 Å². The second-order valence-electron chi connectivity index (χ2n) is 3.82. The Hall–Kier alpha value is -1.51. The lowest BCUT2D eigenvalue weighted by molar-refractivity contribution is 1.31. The number of hydrogen-bond donors (Lipinski definition) is 1. The largest absolute Gasteiger partial charge is 0.278 e. The van der Waals surface area contributed by atoms with Crippen LogP contribution in [-0.4, -0.2) is 6.21 Å². The molecule has 4 heteroatoms. The second-order valence-corrected chi connectivity index (χ2v) is 4.63. The van der Waals surface area contributed by atoms with Crippen molar-refractivity contribution in [1.82, 2.24) is 0 Å². The van der Waals surface area contributed by atoms with E-state index in [9.17, 15) is 0 Å². The van der Waals surface area contributed by atoms with E-state index in [0.29, 0.717) is 15.6 Å².